The summed E-state index contributed by atoms with van der Waals surface area (Å²) in [5.41, 5.74) is 6.16. The molecule has 0 aliphatic heterocycles. The SMILES string of the molecule is COC(CN)C(=O)NCc1ccc(F)cc1. The Kier molecular flexibility index (Phi) is 4.88. The Hall–Kier alpha value is -1.46. The Morgan fingerprint density at radius 1 is 1.50 bits per heavy atom. The first kappa shape index (κ1) is 12.6. The number of ether oxygens (including phenoxy) is 1. The van der Waals surface area contributed by atoms with Crippen LogP contribution in [0.1, 0.15) is 5.56 Å². The van der Waals surface area contributed by atoms with E-state index in [9.17, 15) is 9.18 Å². The van der Waals surface area contributed by atoms with Gasteiger partial charge in [-0.15, -0.1) is 0 Å². The number of carbonyl (C=O) groups is 1. The van der Waals surface area contributed by atoms with Crippen molar-refractivity contribution < 1.29 is 13.9 Å². The van der Waals surface area contributed by atoms with E-state index in [0.717, 1.165) is 5.56 Å². The lowest BCUT2D eigenvalue weighted by Crippen LogP contribution is -2.40. The van der Waals surface area contributed by atoms with Crippen molar-refractivity contribution in [1.82, 2.24) is 5.32 Å². The maximum atomic E-state index is 12.6. The molecule has 0 saturated heterocycles. The molecule has 0 aliphatic carbocycles. The third-order valence-corrected chi connectivity index (χ3v) is 2.17. The molecule has 0 bridgehead atoms. The summed E-state index contributed by atoms with van der Waals surface area (Å²) in [6.45, 7) is 0.463. The van der Waals surface area contributed by atoms with Crippen LogP contribution in [-0.4, -0.2) is 25.7 Å². The molecule has 3 N–H and O–H groups in total. The number of methoxy groups -OCH3 is 1. The predicted octanol–water partition coefficient (Wildman–Crippen LogP) is 0.416. The number of nitrogens with two attached hydrogens (primary N) is 1. The highest BCUT2D eigenvalue weighted by Gasteiger charge is 2.14. The molecule has 4 nitrogen and oxygen atoms in total. The molecular weight excluding hydrogens is 211 g/mol. The van der Waals surface area contributed by atoms with E-state index in [1.807, 2.05) is 0 Å². The maximum absolute atomic E-state index is 12.6. The zero-order valence-electron chi connectivity index (χ0n) is 9.07. The van der Waals surface area contributed by atoms with E-state index < -0.39 is 6.10 Å². The fourth-order valence-corrected chi connectivity index (χ4v) is 1.22. The standard InChI is InChI=1S/C11H15FN2O2/c1-16-10(6-13)11(15)14-7-8-2-4-9(12)5-3-8/h2-5,10H,6-7,13H2,1H3,(H,14,15). The summed E-state index contributed by atoms with van der Waals surface area (Å²) in [4.78, 5) is 11.5. The van der Waals surface area contributed by atoms with Gasteiger partial charge in [0.2, 0.25) is 0 Å². The number of hydrogen-bond acceptors (Lipinski definition) is 3. The van der Waals surface area contributed by atoms with Crippen LogP contribution in [0.3, 0.4) is 0 Å². The minimum Gasteiger partial charge on any atom is -0.370 e. The van der Waals surface area contributed by atoms with E-state index in [1.165, 1.54) is 19.2 Å². The van der Waals surface area contributed by atoms with Gasteiger partial charge in [0.05, 0.1) is 0 Å². The third-order valence-electron chi connectivity index (χ3n) is 2.17. The van der Waals surface area contributed by atoms with Crippen molar-refractivity contribution in [1.29, 1.82) is 0 Å². The van der Waals surface area contributed by atoms with E-state index >= 15 is 0 Å². The molecule has 16 heavy (non-hydrogen) atoms. The number of halogens is 1. The van der Waals surface area contributed by atoms with Crippen molar-refractivity contribution in [3.63, 3.8) is 0 Å². The summed E-state index contributed by atoms with van der Waals surface area (Å²) in [7, 11) is 1.43. The van der Waals surface area contributed by atoms with Crippen LogP contribution in [-0.2, 0) is 16.1 Å². The van der Waals surface area contributed by atoms with Crippen LogP contribution in [0, 0.1) is 5.82 Å². The van der Waals surface area contributed by atoms with Crippen molar-refractivity contribution in [2.75, 3.05) is 13.7 Å². The molecule has 1 aromatic carbocycles. The molecule has 0 aromatic heterocycles. The number of carbonyl (C=O) groups excluding carboxylic acids is 1. The fraction of sp³-hybridized carbons (Fsp3) is 0.364. The van der Waals surface area contributed by atoms with Gasteiger partial charge in [-0.05, 0) is 17.7 Å². The summed E-state index contributed by atoms with van der Waals surface area (Å²) < 4.78 is 17.5. The van der Waals surface area contributed by atoms with E-state index in [2.05, 4.69) is 5.32 Å². The molecule has 1 unspecified atom stereocenters. The lowest BCUT2D eigenvalue weighted by Gasteiger charge is -2.12. The predicted molar refractivity (Wildman–Crippen MR) is 58.1 cm³/mol. The summed E-state index contributed by atoms with van der Waals surface area (Å²) in [5, 5.41) is 2.65. The van der Waals surface area contributed by atoms with Crippen molar-refractivity contribution in [3.8, 4) is 0 Å². The molecule has 1 atom stereocenters. The Bertz CT molecular complexity index is 336. The molecular formula is C11H15FN2O2. The number of rotatable bonds is 5. The monoisotopic (exact) mass is 226 g/mol. The highest BCUT2D eigenvalue weighted by Crippen LogP contribution is 2.02. The van der Waals surface area contributed by atoms with Crippen molar-refractivity contribution in [2.45, 2.75) is 12.6 Å². The van der Waals surface area contributed by atoms with E-state index in [4.69, 9.17) is 10.5 Å². The Labute approximate surface area is 93.6 Å². The summed E-state index contributed by atoms with van der Waals surface area (Å²) >= 11 is 0. The molecule has 0 saturated carbocycles. The van der Waals surface area contributed by atoms with Gasteiger partial charge in [-0.1, -0.05) is 12.1 Å². The van der Waals surface area contributed by atoms with Gasteiger partial charge in [-0.25, -0.2) is 4.39 Å². The quantitative estimate of drug-likeness (QED) is 0.764. The van der Waals surface area contributed by atoms with E-state index in [1.54, 1.807) is 12.1 Å². The van der Waals surface area contributed by atoms with Crippen molar-refractivity contribution in [2.24, 2.45) is 5.73 Å². The number of amides is 1. The van der Waals surface area contributed by atoms with Gasteiger partial charge < -0.3 is 15.8 Å². The van der Waals surface area contributed by atoms with Gasteiger partial charge in [-0.3, -0.25) is 4.79 Å². The fourth-order valence-electron chi connectivity index (χ4n) is 1.22. The Morgan fingerprint density at radius 3 is 2.62 bits per heavy atom. The molecule has 88 valence electrons. The zero-order valence-corrected chi connectivity index (χ0v) is 9.07. The lowest BCUT2D eigenvalue weighted by molar-refractivity contribution is -0.130. The van der Waals surface area contributed by atoms with Gasteiger partial charge in [0.1, 0.15) is 11.9 Å². The van der Waals surface area contributed by atoms with E-state index in [0.29, 0.717) is 6.54 Å². The molecule has 0 spiro atoms. The first-order valence-electron chi connectivity index (χ1n) is 4.92. The average molecular weight is 226 g/mol. The maximum Gasteiger partial charge on any atom is 0.250 e. The first-order chi connectivity index (χ1) is 7.67. The second-order valence-corrected chi connectivity index (χ2v) is 3.30. The van der Waals surface area contributed by atoms with Gasteiger partial charge >= 0.3 is 0 Å². The topological polar surface area (TPSA) is 64.3 Å². The molecule has 0 radical (unpaired) electrons. The molecule has 0 aliphatic rings. The van der Waals surface area contributed by atoms with Gasteiger partial charge in [0, 0.05) is 20.2 Å². The zero-order chi connectivity index (χ0) is 12.0. The van der Waals surface area contributed by atoms with Gasteiger partial charge in [0.15, 0.2) is 0 Å². The lowest BCUT2D eigenvalue weighted by atomic mass is 10.2. The molecule has 5 heteroatoms. The van der Waals surface area contributed by atoms with E-state index in [-0.39, 0.29) is 18.3 Å². The Balaban J connectivity index is 2.45. The van der Waals surface area contributed by atoms with Gasteiger partial charge in [0.25, 0.3) is 5.91 Å². The van der Waals surface area contributed by atoms with Crippen LogP contribution < -0.4 is 11.1 Å². The Morgan fingerprint density at radius 2 is 2.12 bits per heavy atom. The molecule has 1 amide bonds. The van der Waals surface area contributed by atoms with Crippen LogP contribution in [0.5, 0.6) is 0 Å². The molecule has 1 rings (SSSR count). The molecule has 0 fully saturated rings. The highest BCUT2D eigenvalue weighted by molar-refractivity contribution is 5.80. The largest absolute Gasteiger partial charge is 0.370 e. The second-order valence-electron chi connectivity index (χ2n) is 3.30. The highest BCUT2D eigenvalue weighted by atomic mass is 19.1. The summed E-state index contributed by atoms with van der Waals surface area (Å²) in [5.74, 6) is -0.568. The summed E-state index contributed by atoms with van der Waals surface area (Å²) in [6.07, 6.45) is -0.638. The number of benzene rings is 1. The minimum absolute atomic E-state index is 0.131. The minimum atomic E-state index is -0.638. The third kappa shape index (κ3) is 3.60. The second kappa shape index (κ2) is 6.19. The average Bonchev–Trinajstić information content (AvgIpc) is 2.30. The van der Waals surface area contributed by atoms with Crippen LogP contribution in [0.2, 0.25) is 0 Å². The van der Waals surface area contributed by atoms with Crippen LogP contribution in [0.4, 0.5) is 4.39 Å². The van der Waals surface area contributed by atoms with Crippen LogP contribution in [0.25, 0.3) is 0 Å². The van der Waals surface area contributed by atoms with Gasteiger partial charge in [-0.2, -0.15) is 0 Å². The smallest absolute Gasteiger partial charge is 0.250 e. The molecule has 0 heterocycles. The number of hydrogen-bond donors (Lipinski definition) is 2. The molecule has 1 aromatic rings. The number of nitrogens with one attached hydrogen (secondary N) is 1. The van der Waals surface area contributed by atoms with Crippen molar-refractivity contribution in [3.05, 3.63) is 35.6 Å². The van der Waals surface area contributed by atoms with Crippen LogP contribution >= 0.6 is 0 Å². The summed E-state index contributed by atoms with van der Waals surface area (Å²) in [6, 6.07) is 5.91. The van der Waals surface area contributed by atoms with Crippen LogP contribution in [0.15, 0.2) is 24.3 Å². The normalized spacial score (nSPS) is 12.2. The van der Waals surface area contributed by atoms with Crippen molar-refractivity contribution >= 4 is 5.91 Å². The first-order valence-corrected chi connectivity index (χ1v) is 4.92.